The van der Waals surface area contributed by atoms with E-state index in [0.717, 1.165) is 48.4 Å². The molecule has 7 nitrogen and oxygen atoms in total. The van der Waals surface area contributed by atoms with Crippen molar-refractivity contribution in [3.63, 3.8) is 0 Å². The van der Waals surface area contributed by atoms with E-state index in [9.17, 15) is 4.79 Å². The number of hydrogen-bond acceptors (Lipinski definition) is 5. The molecule has 1 atom stereocenters. The van der Waals surface area contributed by atoms with Crippen molar-refractivity contribution < 1.29 is 4.79 Å². The van der Waals surface area contributed by atoms with Gasteiger partial charge in [-0.25, -0.2) is 4.68 Å². The Morgan fingerprint density at radius 2 is 1.66 bits per heavy atom. The number of carbonyl (C=O) groups is 1. The summed E-state index contributed by atoms with van der Waals surface area (Å²) >= 11 is 12.6. The first kappa shape index (κ1) is 31.0. The summed E-state index contributed by atoms with van der Waals surface area (Å²) in [7, 11) is 0. The maximum absolute atomic E-state index is 11.5. The highest BCUT2D eigenvalue weighted by Crippen LogP contribution is 2.47. The van der Waals surface area contributed by atoms with Crippen LogP contribution < -0.4 is 10.6 Å². The Kier molecular flexibility index (Phi) is 9.19. The zero-order chi connectivity index (χ0) is 30.0. The zero-order valence-electron chi connectivity index (χ0n) is 25.1. The molecular weight excluding hydrogens is 555 g/mol. The molecule has 220 valence electrons. The third kappa shape index (κ3) is 7.49. The van der Waals surface area contributed by atoms with E-state index in [4.69, 9.17) is 23.2 Å². The van der Waals surface area contributed by atoms with Gasteiger partial charge in [-0.2, -0.15) is 0 Å². The van der Waals surface area contributed by atoms with Crippen molar-refractivity contribution in [3.05, 3.63) is 70.0 Å². The van der Waals surface area contributed by atoms with E-state index in [1.807, 2.05) is 47.2 Å². The van der Waals surface area contributed by atoms with E-state index in [-0.39, 0.29) is 22.8 Å². The van der Waals surface area contributed by atoms with E-state index < -0.39 is 5.54 Å². The lowest BCUT2D eigenvalue weighted by Gasteiger charge is -2.45. The highest BCUT2D eigenvalue weighted by atomic mass is 35.5. The van der Waals surface area contributed by atoms with Crippen LogP contribution >= 0.6 is 23.2 Å². The Morgan fingerprint density at radius 3 is 2.22 bits per heavy atom. The van der Waals surface area contributed by atoms with Gasteiger partial charge in [0.1, 0.15) is 0 Å². The first-order chi connectivity index (χ1) is 19.2. The van der Waals surface area contributed by atoms with Gasteiger partial charge >= 0.3 is 0 Å². The molecule has 0 unspecified atom stereocenters. The molecule has 0 spiro atoms. The van der Waals surface area contributed by atoms with Crippen molar-refractivity contribution in [1.82, 2.24) is 20.2 Å². The fraction of sp³-hybridized carbons (Fsp3) is 0.500. The van der Waals surface area contributed by atoms with Crippen molar-refractivity contribution >= 4 is 46.6 Å². The molecule has 1 heterocycles. The lowest BCUT2D eigenvalue weighted by molar-refractivity contribution is -0.114. The monoisotopic (exact) mass is 596 g/mol. The van der Waals surface area contributed by atoms with Gasteiger partial charge in [-0.3, -0.25) is 4.79 Å². The Bertz CT molecular complexity index is 1380. The quantitative estimate of drug-likeness (QED) is 0.284. The second-order valence-corrected chi connectivity index (χ2v) is 14.2. The highest BCUT2D eigenvalue weighted by molar-refractivity contribution is 6.35. The van der Waals surface area contributed by atoms with Gasteiger partial charge in [0, 0.05) is 28.3 Å². The molecule has 2 aromatic carbocycles. The molecule has 1 aromatic heterocycles. The average Bonchev–Trinajstić information content (AvgIpc) is 3.35. The van der Waals surface area contributed by atoms with Crippen molar-refractivity contribution in [1.29, 1.82) is 0 Å². The number of carbonyl (C=O) groups excluding carboxylic acids is 1. The second-order valence-electron chi connectivity index (χ2n) is 13.4. The highest BCUT2D eigenvalue weighted by Gasteiger charge is 2.45. The molecule has 4 rings (SSSR count). The van der Waals surface area contributed by atoms with E-state index in [1.165, 1.54) is 6.92 Å². The molecule has 0 saturated heterocycles. The number of nitrogens with zero attached hydrogens (tertiary/aromatic N) is 4. The summed E-state index contributed by atoms with van der Waals surface area (Å²) in [4.78, 5) is 11.5. The third-order valence-electron chi connectivity index (χ3n) is 8.14. The zero-order valence-corrected chi connectivity index (χ0v) is 26.6. The second kappa shape index (κ2) is 12.1. The molecule has 9 heteroatoms. The molecule has 1 aliphatic rings. The smallest absolute Gasteiger partial charge is 0.221 e. The van der Waals surface area contributed by atoms with E-state index >= 15 is 0 Å². The standard InChI is InChI=1S/C32H42Cl2N6O/c1-21(41)35-25-11-13-26(14-12-25)36-32(18-16-23(17-19-32)30(2,3)4)29-37-38-39-40(29)28(31(5,6)7)15-9-22-8-10-24(33)20-27(22)34/h8-15,20,23,28,36H,16-19H2,1-7H3,(H,35,41)/b15-9-/t23?,28-,32?/m1/s1. The number of aromatic nitrogens is 4. The van der Waals surface area contributed by atoms with E-state index in [1.54, 1.807) is 6.07 Å². The number of hydrogen-bond donors (Lipinski definition) is 2. The minimum atomic E-state index is -0.462. The fourth-order valence-electron chi connectivity index (χ4n) is 5.76. The van der Waals surface area contributed by atoms with Crippen LogP contribution in [-0.2, 0) is 10.3 Å². The molecule has 2 N–H and O–H groups in total. The Labute approximate surface area is 254 Å². The van der Waals surface area contributed by atoms with Crippen LogP contribution in [0.2, 0.25) is 10.0 Å². The van der Waals surface area contributed by atoms with Crippen LogP contribution in [0.1, 0.15) is 91.6 Å². The lowest BCUT2D eigenvalue weighted by atomic mass is 9.67. The minimum absolute atomic E-state index is 0.0944. The average molecular weight is 598 g/mol. The van der Waals surface area contributed by atoms with Gasteiger partial charge in [-0.15, -0.1) is 5.10 Å². The summed E-state index contributed by atoms with van der Waals surface area (Å²) in [6, 6.07) is 13.2. The topological polar surface area (TPSA) is 84.7 Å². The summed E-state index contributed by atoms with van der Waals surface area (Å²) in [5.41, 5.74) is 2.18. The fourth-order valence-corrected chi connectivity index (χ4v) is 6.23. The Balaban J connectivity index is 1.74. The number of amides is 1. The molecule has 1 fully saturated rings. The molecule has 1 saturated carbocycles. The summed E-state index contributed by atoms with van der Waals surface area (Å²) < 4.78 is 1.98. The number of rotatable bonds is 7. The Morgan fingerprint density at radius 1 is 1.02 bits per heavy atom. The molecule has 1 aliphatic carbocycles. The SMILES string of the molecule is CC(=O)Nc1ccc(NC2(c3nnnn3[C@H](/C=C\c3ccc(Cl)cc3Cl)C(C)(C)C)CCC(C(C)(C)C)CC2)cc1. The maximum atomic E-state index is 11.5. The molecule has 0 aliphatic heterocycles. The van der Waals surface area contributed by atoms with Crippen LogP contribution in [0.25, 0.3) is 6.08 Å². The van der Waals surface area contributed by atoms with Gasteiger partial charge in [0.25, 0.3) is 0 Å². The van der Waals surface area contributed by atoms with Gasteiger partial charge < -0.3 is 10.6 Å². The number of tetrazole rings is 1. The molecule has 0 bridgehead atoms. The lowest BCUT2D eigenvalue weighted by Crippen LogP contribution is -2.44. The van der Waals surface area contributed by atoms with Crippen LogP contribution in [0.15, 0.2) is 48.5 Å². The third-order valence-corrected chi connectivity index (χ3v) is 8.71. The van der Waals surface area contributed by atoms with Crippen molar-refractivity contribution in [2.75, 3.05) is 10.6 Å². The number of anilines is 2. The van der Waals surface area contributed by atoms with Crippen LogP contribution in [0.4, 0.5) is 11.4 Å². The molecule has 3 aromatic rings. The van der Waals surface area contributed by atoms with Gasteiger partial charge in [0.05, 0.1) is 11.6 Å². The van der Waals surface area contributed by atoms with Gasteiger partial charge in [-0.05, 0) is 94.8 Å². The Hall–Kier alpha value is -2.90. The van der Waals surface area contributed by atoms with E-state index in [2.05, 4.69) is 73.8 Å². The number of halogens is 2. The molecule has 41 heavy (non-hydrogen) atoms. The first-order valence-electron chi connectivity index (χ1n) is 14.3. The number of allylic oxidation sites excluding steroid dienone is 1. The number of benzene rings is 2. The summed E-state index contributed by atoms with van der Waals surface area (Å²) in [5, 5.41) is 21.4. The van der Waals surface area contributed by atoms with Gasteiger partial charge in [0.2, 0.25) is 5.91 Å². The van der Waals surface area contributed by atoms with Crippen LogP contribution in [0.3, 0.4) is 0 Å². The normalized spacial score (nSPS) is 20.7. The van der Waals surface area contributed by atoms with Gasteiger partial charge in [0.15, 0.2) is 5.82 Å². The van der Waals surface area contributed by atoms with Crippen LogP contribution in [0.5, 0.6) is 0 Å². The van der Waals surface area contributed by atoms with Crippen molar-refractivity contribution in [3.8, 4) is 0 Å². The summed E-state index contributed by atoms with van der Waals surface area (Å²) in [6.07, 6.45) is 8.06. The van der Waals surface area contributed by atoms with E-state index in [0.29, 0.717) is 16.0 Å². The minimum Gasteiger partial charge on any atom is -0.373 e. The molecular formula is C32H42Cl2N6O. The predicted octanol–water partition coefficient (Wildman–Crippen LogP) is 8.78. The first-order valence-corrected chi connectivity index (χ1v) is 15.0. The van der Waals surface area contributed by atoms with Crippen molar-refractivity contribution in [2.45, 2.75) is 85.7 Å². The van der Waals surface area contributed by atoms with Crippen LogP contribution in [0, 0.1) is 16.7 Å². The summed E-state index contributed by atoms with van der Waals surface area (Å²) in [5.74, 6) is 1.33. The molecule has 1 amide bonds. The predicted molar refractivity (Wildman–Crippen MR) is 169 cm³/mol. The van der Waals surface area contributed by atoms with Gasteiger partial charge in [-0.1, -0.05) is 83.0 Å². The number of nitrogens with one attached hydrogen (secondary N) is 2. The summed E-state index contributed by atoms with van der Waals surface area (Å²) in [6.45, 7) is 15.0. The van der Waals surface area contributed by atoms with Crippen LogP contribution in [-0.4, -0.2) is 26.1 Å². The maximum Gasteiger partial charge on any atom is 0.221 e. The molecule has 0 radical (unpaired) electrons. The largest absolute Gasteiger partial charge is 0.373 e. The van der Waals surface area contributed by atoms with Crippen molar-refractivity contribution in [2.24, 2.45) is 16.7 Å².